The van der Waals surface area contributed by atoms with Gasteiger partial charge in [0.2, 0.25) is 0 Å². The Balaban J connectivity index is 1.56. The summed E-state index contributed by atoms with van der Waals surface area (Å²) in [5.74, 6) is -0.216. The molecule has 39 heavy (non-hydrogen) atoms. The molecule has 1 aromatic carbocycles. The third-order valence-electron chi connectivity index (χ3n) is 7.38. The highest BCUT2D eigenvalue weighted by Gasteiger charge is 2.07. The Morgan fingerprint density at radius 1 is 0.692 bits per heavy atom. The normalized spacial score (nSPS) is 11.9. The zero-order valence-electron chi connectivity index (χ0n) is 24.6. The summed E-state index contributed by atoms with van der Waals surface area (Å²) >= 11 is 0. The van der Waals surface area contributed by atoms with Gasteiger partial charge in [-0.05, 0) is 29.7 Å². The van der Waals surface area contributed by atoms with E-state index in [1.165, 1.54) is 95.6 Å². The minimum absolute atomic E-state index is 0.216. The molecule has 2 aromatic rings. The molecule has 0 aliphatic rings. The standard InChI is InChI=1S/C33H52N2O3S/c1-3-4-5-6-7-8-9-10-11-12-13-14-15-16-26-34(2)33-22-20-31(21-23-33)18-19-32-24-28-35(29-25-32)27-17-30-39(36,37)38/h18-25,28-29H,3-17,26-27,30H2,1-2H3/p+1. The van der Waals surface area contributed by atoms with Crippen molar-refractivity contribution in [3.05, 3.63) is 59.9 Å². The molecule has 0 fully saturated rings. The van der Waals surface area contributed by atoms with E-state index in [0.29, 0.717) is 13.0 Å². The van der Waals surface area contributed by atoms with E-state index in [1.807, 2.05) is 29.1 Å². The van der Waals surface area contributed by atoms with Gasteiger partial charge in [-0.2, -0.15) is 8.42 Å². The first-order valence-corrected chi connectivity index (χ1v) is 16.9. The van der Waals surface area contributed by atoms with Gasteiger partial charge in [-0.25, -0.2) is 4.57 Å². The summed E-state index contributed by atoms with van der Waals surface area (Å²) in [5.41, 5.74) is 3.50. The molecule has 0 unspecified atom stereocenters. The van der Waals surface area contributed by atoms with Crippen LogP contribution in [0, 0.1) is 0 Å². The Hall–Kier alpha value is -2.18. The number of pyridine rings is 1. The van der Waals surface area contributed by atoms with Gasteiger partial charge in [-0.3, -0.25) is 4.55 Å². The highest BCUT2D eigenvalue weighted by atomic mass is 32.2. The lowest BCUT2D eigenvalue weighted by Gasteiger charge is -2.19. The van der Waals surface area contributed by atoms with Crippen LogP contribution in [0.3, 0.4) is 0 Å². The highest BCUT2D eigenvalue weighted by Crippen LogP contribution is 2.17. The van der Waals surface area contributed by atoms with Crippen LogP contribution in [-0.4, -0.2) is 32.3 Å². The number of anilines is 1. The molecule has 0 aliphatic heterocycles. The second-order valence-electron chi connectivity index (χ2n) is 11.0. The third kappa shape index (κ3) is 16.5. The fourth-order valence-corrected chi connectivity index (χ4v) is 5.36. The van der Waals surface area contributed by atoms with Crippen LogP contribution in [-0.2, 0) is 16.7 Å². The molecule has 0 amide bonds. The molecule has 218 valence electrons. The Morgan fingerprint density at radius 2 is 1.15 bits per heavy atom. The van der Waals surface area contributed by atoms with Crippen LogP contribution in [0.5, 0.6) is 0 Å². The molecule has 0 saturated carbocycles. The van der Waals surface area contributed by atoms with Crippen molar-refractivity contribution in [3.8, 4) is 0 Å². The molecule has 1 aromatic heterocycles. The quantitative estimate of drug-likeness (QED) is 0.0898. The van der Waals surface area contributed by atoms with Crippen molar-refractivity contribution in [2.45, 2.75) is 110 Å². The lowest BCUT2D eigenvalue weighted by Crippen LogP contribution is -2.33. The number of nitrogens with zero attached hydrogens (tertiary/aromatic N) is 2. The van der Waals surface area contributed by atoms with Crippen LogP contribution in [0.15, 0.2) is 48.8 Å². The third-order valence-corrected chi connectivity index (χ3v) is 8.19. The fourth-order valence-electron chi connectivity index (χ4n) is 4.86. The van der Waals surface area contributed by atoms with E-state index in [4.69, 9.17) is 4.55 Å². The van der Waals surface area contributed by atoms with Gasteiger partial charge in [0.1, 0.15) is 6.54 Å². The lowest BCUT2D eigenvalue weighted by molar-refractivity contribution is -0.696. The Kier molecular flexibility index (Phi) is 16.8. The molecule has 5 nitrogen and oxygen atoms in total. The molecule has 0 bridgehead atoms. The maximum Gasteiger partial charge on any atom is 0.265 e. The van der Waals surface area contributed by atoms with Gasteiger partial charge in [-0.1, -0.05) is 115 Å². The van der Waals surface area contributed by atoms with E-state index in [0.717, 1.165) is 17.7 Å². The van der Waals surface area contributed by atoms with Gasteiger partial charge >= 0.3 is 0 Å². The van der Waals surface area contributed by atoms with Crippen LogP contribution in [0.4, 0.5) is 5.69 Å². The average molecular weight is 558 g/mol. The Labute approximate surface area is 239 Å². The molecule has 0 aliphatic carbocycles. The summed E-state index contributed by atoms with van der Waals surface area (Å²) in [7, 11) is -1.71. The zero-order valence-corrected chi connectivity index (χ0v) is 25.4. The smallest absolute Gasteiger partial charge is 0.265 e. The van der Waals surface area contributed by atoms with E-state index in [-0.39, 0.29) is 5.75 Å². The summed E-state index contributed by atoms with van der Waals surface area (Å²) in [4.78, 5) is 2.35. The van der Waals surface area contributed by atoms with E-state index in [1.54, 1.807) is 0 Å². The number of unbranched alkanes of at least 4 members (excludes halogenated alkanes) is 13. The van der Waals surface area contributed by atoms with Crippen molar-refractivity contribution < 1.29 is 17.5 Å². The van der Waals surface area contributed by atoms with Gasteiger partial charge in [0, 0.05) is 37.8 Å². The summed E-state index contributed by atoms with van der Waals surface area (Å²) in [6.45, 7) is 3.94. The Bertz CT molecular complexity index is 1020. The molecule has 0 radical (unpaired) electrons. The van der Waals surface area contributed by atoms with Crippen LogP contribution in [0.25, 0.3) is 12.2 Å². The molecule has 0 spiro atoms. The minimum Gasteiger partial charge on any atom is -0.375 e. The lowest BCUT2D eigenvalue weighted by atomic mass is 10.0. The van der Waals surface area contributed by atoms with E-state index in [9.17, 15) is 8.42 Å². The van der Waals surface area contributed by atoms with E-state index < -0.39 is 10.1 Å². The van der Waals surface area contributed by atoms with Gasteiger partial charge in [0.05, 0.1) is 5.75 Å². The van der Waals surface area contributed by atoms with Crippen molar-refractivity contribution in [2.24, 2.45) is 0 Å². The Morgan fingerprint density at radius 3 is 1.64 bits per heavy atom. The summed E-state index contributed by atoms with van der Waals surface area (Å²) in [5, 5.41) is 0. The van der Waals surface area contributed by atoms with Gasteiger partial charge in [-0.15, -0.1) is 0 Å². The van der Waals surface area contributed by atoms with Crippen LogP contribution < -0.4 is 9.47 Å². The molecule has 0 saturated heterocycles. The number of hydrogen-bond donors (Lipinski definition) is 1. The van der Waals surface area contributed by atoms with Crippen molar-refractivity contribution in [2.75, 3.05) is 24.2 Å². The van der Waals surface area contributed by atoms with Gasteiger partial charge in [0.15, 0.2) is 12.4 Å². The van der Waals surface area contributed by atoms with Crippen molar-refractivity contribution in [1.82, 2.24) is 0 Å². The number of hydrogen-bond acceptors (Lipinski definition) is 3. The molecule has 2 rings (SSSR count). The largest absolute Gasteiger partial charge is 0.375 e. The highest BCUT2D eigenvalue weighted by molar-refractivity contribution is 7.85. The molecule has 0 atom stereocenters. The maximum atomic E-state index is 10.8. The molecular formula is C33H53N2O3S+. The number of rotatable bonds is 22. The van der Waals surface area contributed by atoms with Crippen molar-refractivity contribution >= 4 is 28.0 Å². The predicted octanol–water partition coefficient (Wildman–Crippen LogP) is 8.34. The first-order chi connectivity index (χ1) is 18.9. The second kappa shape index (κ2) is 19.8. The van der Waals surface area contributed by atoms with Crippen LogP contribution >= 0.6 is 0 Å². The van der Waals surface area contributed by atoms with E-state index >= 15 is 0 Å². The first-order valence-electron chi connectivity index (χ1n) is 15.3. The number of aromatic nitrogens is 1. The summed E-state index contributed by atoms with van der Waals surface area (Å²) in [6.07, 6.45) is 27.9. The van der Waals surface area contributed by atoms with Gasteiger partial charge in [0.25, 0.3) is 10.1 Å². The molecule has 1 N–H and O–H groups in total. The van der Waals surface area contributed by atoms with Crippen molar-refractivity contribution in [1.29, 1.82) is 0 Å². The zero-order chi connectivity index (χ0) is 28.2. The molecular weight excluding hydrogens is 504 g/mol. The second-order valence-corrected chi connectivity index (χ2v) is 12.5. The van der Waals surface area contributed by atoms with E-state index in [2.05, 4.69) is 55.3 Å². The van der Waals surface area contributed by atoms with Crippen LogP contribution in [0.2, 0.25) is 0 Å². The summed E-state index contributed by atoms with van der Waals surface area (Å²) in [6, 6.07) is 12.7. The van der Waals surface area contributed by atoms with Crippen LogP contribution in [0.1, 0.15) is 114 Å². The number of aryl methyl sites for hydroxylation is 1. The fraction of sp³-hybridized carbons (Fsp3) is 0.606. The van der Waals surface area contributed by atoms with Crippen molar-refractivity contribution in [3.63, 3.8) is 0 Å². The predicted molar refractivity (Wildman–Crippen MR) is 167 cm³/mol. The monoisotopic (exact) mass is 557 g/mol. The number of benzene rings is 1. The first kappa shape index (κ1) is 33.0. The minimum atomic E-state index is -3.89. The molecule has 1 heterocycles. The summed E-state index contributed by atoms with van der Waals surface area (Å²) < 4.78 is 32.4. The average Bonchev–Trinajstić information content (AvgIpc) is 2.92. The SMILES string of the molecule is CCCCCCCCCCCCCCCCN(C)c1ccc(/C=C/c2cc[n+](CCCS(=O)(=O)O)cc2)cc1. The maximum absolute atomic E-state index is 10.8. The molecule has 6 heteroatoms. The topological polar surface area (TPSA) is 61.5 Å². The van der Waals surface area contributed by atoms with Gasteiger partial charge < -0.3 is 4.90 Å².